The van der Waals surface area contributed by atoms with Crippen LogP contribution >= 0.6 is 0 Å². The molecule has 0 saturated carbocycles. The molecule has 0 amide bonds. The summed E-state index contributed by atoms with van der Waals surface area (Å²) in [6.07, 6.45) is 2.24. The summed E-state index contributed by atoms with van der Waals surface area (Å²) in [5.74, 6) is -4.31. The van der Waals surface area contributed by atoms with Gasteiger partial charge in [0.25, 0.3) is 0 Å². The monoisotopic (exact) mass is 336 g/mol. The number of hydrogen-bond acceptors (Lipinski definition) is 7. The minimum Gasteiger partial charge on any atom is -0.478 e. The highest BCUT2D eigenvalue weighted by Crippen LogP contribution is 2.15. The molecule has 0 saturated heterocycles. The lowest BCUT2D eigenvalue weighted by atomic mass is 10.0. The van der Waals surface area contributed by atoms with Gasteiger partial charge < -0.3 is 9.84 Å². The molecule has 1 rings (SSSR count). The van der Waals surface area contributed by atoms with Crippen molar-refractivity contribution in [3.63, 3.8) is 0 Å². The number of carbonyl (C=O) groups excluding carboxylic acids is 3. The first kappa shape index (κ1) is 18.9. The highest BCUT2D eigenvalue weighted by atomic mass is 17.2. The number of ether oxygens (including phenoxy) is 1. The van der Waals surface area contributed by atoms with Gasteiger partial charge in [-0.15, -0.1) is 0 Å². The molecule has 0 aliphatic heterocycles. The molecule has 0 heterocycles. The standard InChI is InChI=1S/C16H16O8/c1-3-5-8-22-16(21)11-7-6-10(9-12(11)14(18)19)15(20)24-23-13(17)4-2/h4,6-7,9H,2-3,5,8H2,1H3,(H,18,19). The number of hydrogen-bond donors (Lipinski definition) is 1. The van der Waals surface area contributed by atoms with Gasteiger partial charge in [-0.3, -0.25) is 0 Å². The van der Waals surface area contributed by atoms with Gasteiger partial charge in [-0.1, -0.05) is 19.9 Å². The first-order chi connectivity index (χ1) is 11.4. The highest BCUT2D eigenvalue weighted by molar-refractivity contribution is 6.04. The van der Waals surface area contributed by atoms with Gasteiger partial charge in [-0.05, 0) is 24.6 Å². The Hall–Kier alpha value is -3.16. The Balaban J connectivity index is 2.96. The number of esters is 1. The second-order valence-electron chi connectivity index (χ2n) is 4.53. The molecule has 0 aromatic heterocycles. The fraction of sp³-hybridized carbons (Fsp3) is 0.250. The summed E-state index contributed by atoms with van der Waals surface area (Å²) in [5, 5.41) is 9.19. The minimum atomic E-state index is -1.42. The third kappa shape index (κ3) is 5.24. The highest BCUT2D eigenvalue weighted by Gasteiger charge is 2.21. The zero-order chi connectivity index (χ0) is 18.1. The van der Waals surface area contributed by atoms with Crippen LogP contribution in [0.2, 0.25) is 0 Å². The van der Waals surface area contributed by atoms with E-state index in [-0.39, 0.29) is 17.7 Å². The van der Waals surface area contributed by atoms with Gasteiger partial charge >= 0.3 is 23.9 Å². The van der Waals surface area contributed by atoms with E-state index >= 15 is 0 Å². The van der Waals surface area contributed by atoms with Gasteiger partial charge in [0, 0.05) is 6.08 Å². The Bertz CT molecular complexity index is 662. The molecule has 128 valence electrons. The molecule has 0 radical (unpaired) electrons. The molecule has 0 bridgehead atoms. The first-order valence-electron chi connectivity index (χ1n) is 7.00. The Morgan fingerprint density at radius 3 is 2.42 bits per heavy atom. The van der Waals surface area contributed by atoms with Crippen molar-refractivity contribution in [1.29, 1.82) is 0 Å². The lowest BCUT2D eigenvalue weighted by Crippen LogP contribution is -2.15. The molecule has 0 aliphatic carbocycles. The number of benzene rings is 1. The second kappa shape index (κ2) is 9.09. The number of carboxylic acids is 1. The van der Waals surface area contributed by atoms with E-state index in [0.29, 0.717) is 6.42 Å². The molecule has 1 N–H and O–H groups in total. The van der Waals surface area contributed by atoms with Crippen LogP contribution in [0.1, 0.15) is 50.8 Å². The summed E-state index contributed by atoms with van der Waals surface area (Å²) in [4.78, 5) is 54.0. The van der Waals surface area contributed by atoms with Crippen LogP contribution in [0.4, 0.5) is 0 Å². The smallest absolute Gasteiger partial charge is 0.386 e. The van der Waals surface area contributed by atoms with E-state index in [1.165, 1.54) is 0 Å². The predicted molar refractivity (Wildman–Crippen MR) is 80.3 cm³/mol. The van der Waals surface area contributed by atoms with E-state index in [1.54, 1.807) is 0 Å². The Kier molecular flexibility index (Phi) is 7.15. The van der Waals surface area contributed by atoms with E-state index in [9.17, 15) is 24.3 Å². The second-order valence-corrected chi connectivity index (χ2v) is 4.53. The van der Waals surface area contributed by atoms with Gasteiger partial charge in [-0.2, -0.15) is 0 Å². The van der Waals surface area contributed by atoms with Crippen molar-refractivity contribution in [3.8, 4) is 0 Å². The zero-order valence-electron chi connectivity index (χ0n) is 12.9. The van der Waals surface area contributed by atoms with Crippen molar-refractivity contribution in [2.45, 2.75) is 19.8 Å². The van der Waals surface area contributed by atoms with Crippen molar-refractivity contribution >= 4 is 23.9 Å². The maximum atomic E-state index is 11.9. The average Bonchev–Trinajstić information content (AvgIpc) is 2.58. The van der Waals surface area contributed by atoms with Crippen LogP contribution in [0.25, 0.3) is 0 Å². The summed E-state index contributed by atoms with van der Waals surface area (Å²) < 4.78 is 4.95. The summed E-state index contributed by atoms with van der Waals surface area (Å²) in [6, 6.07) is 3.22. The van der Waals surface area contributed by atoms with Crippen molar-refractivity contribution in [2.75, 3.05) is 6.61 Å². The van der Waals surface area contributed by atoms with Crippen molar-refractivity contribution < 1.29 is 38.8 Å². The zero-order valence-corrected chi connectivity index (χ0v) is 12.9. The number of aromatic carboxylic acids is 1. The van der Waals surface area contributed by atoms with Gasteiger partial charge in [0.15, 0.2) is 0 Å². The van der Waals surface area contributed by atoms with E-state index in [4.69, 9.17) is 4.74 Å². The summed E-state index contributed by atoms with van der Waals surface area (Å²) in [7, 11) is 0. The lowest BCUT2D eigenvalue weighted by Gasteiger charge is -2.08. The third-order valence-electron chi connectivity index (χ3n) is 2.80. The quantitative estimate of drug-likeness (QED) is 0.265. The molecule has 8 heteroatoms. The molecule has 1 aromatic carbocycles. The van der Waals surface area contributed by atoms with Crippen LogP contribution in [0, 0.1) is 0 Å². The predicted octanol–water partition coefficient (Wildman–Crippen LogP) is 2.14. The Morgan fingerprint density at radius 2 is 1.83 bits per heavy atom. The van der Waals surface area contributed by atoms with Crippen LogP contribution in [-0.2, 0) is 19.3 Å². The van der Waals surface area contributed by atoms with Gasteiger partial charge in [0.1, 0.15) is 0 Å². The summed E-state index contributed by atoms with van der Waals surface area (Å²) in [6.45, 7) is 5.19. The molecule has 0 fully saturated rings. The molecule has 0 atom stereocenters. The number of rotatable bonds is 7. The first-order valence-corrected chi connectivity index (χ1v) is 7.00. The van der Waals surface area contributed by atoms with E-state index in [0.717, 1.165) is 30.7 Å². The fourth-order valence-electron chi connectivity index (χ4n) is 1.57. The molecule has 1 aromatic rings. The van der Waals surface area contributed by atoms with E-state index in [2.05, 4.69) is 16.4 Å². The molecule has 24 heavy (non-hydrogen) atoms. The molecule has 0 aliphatic rings. The van der Waals surface area contributed by atoms with Gasteiger partial charge in [-0.25, -0.2) is 29.0 Å². The van der Waals surface area contributed by atoms with Crippen LogP contribution in [0.5, 0.6) is 0 Å². The normalized spacial score (nSPS) is 9.71. The lowest BCUT2D eigenvalue weighted by molar-refractivity contribution is -0.228. The maximum absolute atomic E-state index is 11.9. The molecular weight excluding hydrogens is 320 g/mol. The number of carboxylic acid groups (broad SMARTS) is 1. The SMILES string of the molecule is C=CC(=O)OOC(=O)c1ccc(C(=O)OCCCC)c(C(=O)O)c1. The number of carbonyl (C=O) groups is 4. The van der Waals surface area contributed by atoms with Crippen molar-refractivity contribution in [2.24, 2.45) is 0 Å². The van der Waals surface area contributed by atoms with E-state index < -0.39 is 29.4 Å². The van der Waals surface area contributed by atoms with Crippen molar-refractivity contribution in [3.05, 3.63) is 47.5 Å². The largest absolute Gasteiger partial charge is 0.478 e. The Morgan fingerprint density at radius 1 is 1.12 bits per heavy atom. The van der Waals surface area contributed by atoms with E-state index in [1.807, 2.05) is 6.92 Å². The molecule has 8 nitrogen and oxygen atoms in total. The van der Waals surface area contributed by atoms with Crippen LogP contribution < -0.4 is 0 Å². The maximum Gasteiger partial charge on any atom is 0.386 e. The van der Waals surface area contributed by atoms with Crippen LogP contribution in [-0.4, -0.2) is 35.6 Å². The van der Waals surface area contributed by atoms with Gasteiger partial charge in [0.2, 0.25) is 0 Å². The fourth-order valence-corrected chi connectivity index (χ4v) is 1.57. The summed E-state index contributed by atoms with van der Waals surface area (Å²) >= 11 is 0. The van der Waals surface area contributed by atoms with Crippen molar-refractivity contribution in [1.82, 2.24) is 0 Å². The molecular formula is C16H16O8. The molecule has 0 spiro atoms. The van der Waals surface area contributed by atoms with Crippen LogP contribution in [0.3, 0.4) is 0 Å². The molecule has 0 unspecified atom stereocenters. The summed E-state index contributed by atoms with van der Waals surface area (Å²) in [5.41, 5.74) is -0.839. The minimum absolute atomic E-state index is 0.162. The van der Waals surface area contributed by atoms with Crippen LogP contribution in [0.15, 0.2) is 30.9 Å². The van der Waals surface area contributed by atoms with Gasteiger partial charge in [0.05, 0.1) is 23.3 Å². The Labute approximate surface area is 137 Å². The third-order valence-corrected chi connectivity index (χ3v) is 2.80. The average molecular weight is 336 g/mol. The number of unbranched alkanes of at least 4 members (excludes halogenated alkanes) is 1. The topological polar surface area (TPSA) is 116 Å².